The lowest BCUT2D eigenvalue weighted by Crippen LogP contribution is -2.28. The number of rotatable bonds is 6. The molecule has 0 fully saturated rings. The molecule has 0 aliphatic heterocycles. The van der Waals surface area contributed by atoms with E-state index < -0.39 is 4.92 Å². The fourth-order valence-electron chi connectivity index (χ4n) is 1.32. The number of benzene rings is 1. The second-order valence-electron chi connectivity index (χ2n) is 3.40. The third-order valence-corrected chi connectivity index (χ3v) is 2.97. The molecule has 0 aromatic heterocycles. The summed E-state index contributed by atoms with van der Waals surface area (Å²) in [5.74, 6) is 0. The second kappa shape index (κ2) is 6.72. The van der Waals surface area contributed by atoms with Gasteiger partial charge in [0.25, 0.3) is 5.69 Å². The van der Waals surface area contributed by atoms with Crippen molar-refractivity contribution in [3.05, 3.63) is 31.9 Å². The summed E-state index contributed by atoms with van der Waals surface area (Å²) in [5.41, 5.74) is 0.791. The molecule has 0 bridgehead atoms. The molecule has 94 valence electrons. The highest BCUT2D eigenvalue weighted by atomic mass is 127. The maximum Gasteiger partial charge on any atom is 0.282 e. The largest absolute Gasteiger partial charge is 0.394 e. The molecule has 0 radical (unpaired) electrons. The first-order chi connectivity index (χ1) is 8.08. The topological polar surface area (TPSA) is 84.6 Å². The van der Waals surface area contributed by atoms with Gasteiger partial charge in [0.1, 0.15) is 0 Å². The second-order valence-corrected chi connectivity index (χ2v) is 4.56. The van der Waals surface area contributed by atoms with E-state index in [1.807, 2.05) is 22.6 Å². The van der Waals surface area contributed by atoms with E-state index in [4.69, 9.17) is 9.84 Å². The highest BCUT2D eigenvalue weighted by Gasteiger charge is 2.13. The van der Waals surface area contributed by atoms with Crippen LogP contribution < -0.4 is 5.32 Å². The van der Waals surface area contributed by atoms with Gasteiger partial charge in [0.05, 0.1) is 27.7 Å². The SMILES string of the molecule is COCC(CO)Nc1ccc([N+](=O)[O-])c(I)c1. The predicted molar refractivity (Wildman–Crippen MR) is 72.2 cm³/mol. The van der Waals surface area contributed by atoms with Gasteiger partial charge in [-0.3, -0.25) is 10.1 Å². The molecule has 7 heteroatoms. The number of nitrogens with zero attached hydrogens (tertiary/aromatic N) is 1. The van der Waals surface area contributed by atoms with Crippen molar-refractivity contribution in [2.24, 2.45) is 0 Å². The summed E-state index contributed by atoms with van der Waals surface area (Å²) >= 11 is 1.91. The molecule has 2 N–H and O–H groups in total. The number of hydrogen-bond donors (Lipinski definition) is 2. The molecule has 1 aromatic carbocycles. The van der Waals surface area contributed by atoms with E-state index in [1.165, 1.54) is 6.07 Å². The van der Waals surface area contributed by atoms with Crippen molar-refractivity contribution in [3.63, 3.8) is 0 Å². The first kappa shape index (κ1) is 14.1. The lowest BCUT2D eigenvalue weighted by atomic mass is 10.2. The molecule has 6 nitrogen and oxygen atoms in total. The Bertz CT molecular complexity index is 400. The van der Waals surface area contributed by atoms with Crippen molar-refractivity contribution in [1.82, 2.24) is 0 Å². The number of hydrogen-bond acceptors (Lipinski definition) is 5. The number of nitro groups is 1. The molecule has 0 spiro atoms. The monoisotopic (exact) mass is 352 g/mol. The number of nitro benzene ring substituents is 1. The van der Waals surface area contributed by atoms with Crippen LogP contribution >= 0.6 is 22.6 Å². The van der Waals surface area contributed by atoms with E-state index in [-0.39, 0.29) is 18.3 Å². The van der Waals surface area contributed by atoms with E-state index in [1.54, 1.807) is 19.2 Å². The van der Waals surface area contributed by atoms with Crippen LogP contribution in [0.4, 0.5) is 11.4 Å². The van der Waals surface area contributed by atoms with Gasteiger partial charge in [-0.05, 0) is 34.7 Å². The van der Waals surface area contributed by atoms with Gasteiger partial charge in [-0.15, -0.1) is 0 Å². The maximum atomic E-state index is 10.6. The quantitative estimate of drug-likeness (QED) is 0.462. The molecule has 1 unspecified atom stereocenters. The zero-order chi connectivity index (χ0) is 12.8. The summed E-state index contributed by atoms with van der Waals surface area (Å²) in [6.45, 7) is 0.297. The molecule has 0 aliphatic rings. The molecule has 0 heterocycles. The maximum absolute atomic E-state index is 10.6. The fraction of sp³-hybridized carbons (Fsp3) is 0.400. The van der Waals surface area contributed by atoms with Gasteiger partial charge in [0, 0.05) is 18.9 Å². The first-order valence-electron chi connectivity index (χ1n) is 4.88. The van der Waals surface area contributed by atoms with Crippen molar-refractivity contribution in [3.8, 4) is 0 Å². The summed E-state index contributed by atoms with van der Waals surface area (Å²) in [6, 6.07) is 4.48. The van der Waals surface area contributed by atoms with Crippen LogP contribution in [0.1, 0.15) is 0 Å². The molecule has 0 saturated carbocycles. The Kier molecular flexibility index (Phi) is 5.59. The third kappa shape index (κ3) is 4.10. The Balaban J connectivity index is 2.79. The highest BCUT2D eigenvalue weighted by Crippen LogP contribution is 2.24. The van der Waals surface area contributed by atoms with Crippen molar-refractivity contribution in [2.75, 3.05) is 25.6 Å². The predicted octanol–water partition coefficient (Wildman–Crippen LogP) is 1.62. The summed E-state index contributed by atoms with van der Waals surface area (Å²) in [5, 5.41) is 22.7. The number of nitrogens with one attached hydrogen (secondary N) is 1. The number of halogens is 1. The van der Waals surface area contributed by atoms with Gasteiger partial charge in [-0.2, -0.15) is 0 Å². The molecule has 1 aromatic rings. The van der Waals surface area contributed by atoms with Crippen molar-refractivity contribution >= 4 is 34.0 Å². The van der Waals surface area contributed by atoms with Gasteiger partial charge in [-0.25, -0.2) is 0 Å². The van der Waals surface area contributed by atoms with Crippen molar-refractivity contribution < 1.29 is 14.8 Å². The number of anilines is 1. The smallest absolute Gasteiger partial charge is 0.282 e. The standard InChI is InChI=1S/C10H13IN2O4/c1-17-6-8(5-14)12-7-2-3-10(13(15)16)9(11)4-7/h2-4,8,12,14H,5-6H2,1H3. The van der Waals surface area contributed by atoms with Gasteiger partial charge in [-0.1, -0.05) is 0 Å². The minimum atomic E-state index is -0.426. The number of ether oxygens (including phenoxy) is 1. The van der Waals surface area contributed by atoms with Crippen molar-refractivity contribution in [2.45, 2.75) is 6.04 Å². The molecule has 1 atom stereocenters. The van der Waals surface area contributed by atoms with Crippen LogP contribution in [0.5, 0.6) is 0 Å². The molecule has 0 aliphatic carbocycles. The minimum Gasteiger partial charge on any atom is -0.394 e. The Labute approximate surface area is 112 Å². The van der Waals surface area contributed by atoms with Crippen LogP contribution in [-0.4, -0.2) is 36.4 Å². The normalized spacial score (nSPS) is 12.2. The third-order valence-electron chi connectivity index (χ3n) is 2.10. The zero-order valence-electron chi connectivity index (χ0n) is 9.22. The zero-order valence-corrected chi connectivity index (χ0v) is 11.4. The van der Waals surface area contributed by atoms with E-state index in [9.17, 15) is 10.1 Å². The van der Waals surface area contributed by atoms with Crippen LogP contribution in [-0.2, 0) is 4.74 Å². The number of methoxy groups -OCH3 is 1. The van der Waals surface area contributed by atoms with Crippen LogP contribution in [0.15, 0.2) is 18.2 Å². The van der Waals surface area contributed by atoms with Gasteiger partial charge in [0.15, 0.2) is 0 Å². The molecule has 0 amide bonds. The first-order valence-corrected chi connectivity index (χ1v) is 5.96. The lowest BCUT2D eigenvalue weighted by molar-refractivity contribution is -0.385. The van der Waals surface area contributed by atoms with Gasteiger partial charge in [0.2, 0.25) is 0 Å². The van der Waals surface area contributed by atoms with Crippen LogP contribution in [0.2, 0.25) is 0 Å². The summed E-state index contributed by atoms with van der Waals surface area (Å²) in [6.07, 6.45) is 0. The Morgan fingerprint density at radius 2 is 2.35 bits per heavy atom. The molecule has 0 saturated heterocycles. The van der Waals surface area contributed by atoms with Gasteiger partial charge < -0.3 is 15.2 Å². The van der Waals surface area contributed by atoms with E-state index in [2.05, 4.69) is 5.32 Å². The number of aliphatic hydroxyl groups excluding tert-OH is 1. The van der Waals surface area contributed by atoms with Crippen LogP contribution in [0.25, 0.3) is 0 Å². The Morgan fingerprint density at radius 3 is 2.82 bits per heavy atom. The van der Waals surface area contributed by atoms with E-state index in [0.717, 1.165) is 5.69 Å². The fourth-order valence-corrected chi connectivity index (χ4v) is 2.03. The molecule has 1 rings (SSSR count). The molecular weight excluding hydrogens is 339 g/mol. The van der Waals surface area contributed by atoms with E-state index >= 15 is 0 Å². The average molecular weight is 352 g/mol. The Morgan fingerprint density at radius 1 is 1.65 bits per heavy atom. The highest BCUT2D eigenvalue weighted by molar-refractivity contribution is 14.1. The van der Waals surface area contributed by atoms with Crippen LogP contribution in [0, 0.1) is 13.7 Å². The summed E-state index contributed by atoms with van der Waals surface area (Å²) in [7, 11) is 1.55. The van der Waals surface area contributed by atoms with Crippen molar-refractivity contribution in [1.29, 1.82) is 0 Å². The average Bonchev–Trinajstić information content (AvgIpc) is 2.28. The van der Waals surface area contributed by atoms with Gasteiger partial charge >= 0.3 is 0 Å². The minimum absolute atomic E-state index is 0.0680. The lowest BCUT2D eigenvalue weighted by Gasteiger charge is -2.16. The summed E-state index contributed by atoms with van der Waals surface area (Å²) < 4.78 is 5.47. The van der Waals surface area contributed by atoms with Crippen LogP contribution in [0.3, 0.4) is 0 Å². The molecular formula is C10H13IN2O4. The Hall–Kier alpha value is -0.930. The molecule has 17 heavy (non-hydrogen) atoms. The number of aliphatic hydroxyl groups is 1. The van der Waals surface area contributed by atoms with E-state index in [0.29, 0.717) is 10.2 Å². The summed E-state index contributed by atoms with van der Waals surface area (Å²) in [4.78, 5) is 10.2.